The van der Waals surface area contributed by atoms with E-state index in [1.165, 1.54) is 5.56 Å². The van der Waals surface area contributed by atoms with Crippen LogP contribution >= 0.6 is 22.9 Å². The lowest BCUT2D eigenvalue weighted by molar-refractivity contribution is 0.789. The van der Waals surface area contributed by atoms with Crippen molar-refractivity contribution in [2.45, 2.75) is 19.4 Å². The maximum absolute atomic E-state index is 6.42. The van der Waals surface area contributed by atoms with Crippen molar-refractivity contribution in [3.05, 3.63) is 89.8 Å². The molecule has 4 aromatic rings. The minimum absolute atomic E-state index is 0.293. The fourth-order valence-electron chi connectivity index (χ4n) is 3.20. The first-order valence-corrected chi connectivity index (χ1v) is 10.4. The number of halogens is 1. The number of pyridine rings is 1. The number of nitrogens with one attached hydrogen (secondary N) is 1. The molecule has 0 aliphatic rings. The Labute approximate surface area is 174 Å². The van der Waals surface area contributed by atoms with E-state index in [0.717, 1.165) is 38.1 Å². The van der Waals surface area contributed by atoms with Gasteiger partial charge in [-0.05, 0) is 31.0 Å². The van der Waals surface area contributed by atoms with Gasteiger partial charge in [-0.1, -0.05) is 71.5 Å². The second-order valence-electron chi connectivity index (χ2n) is 6.67. The summed E-state index contributed by atoms with van der Waals surface area (Å²) in [7, 11) is 0. The summed E-state index contributed by atoms with van der Waals surface area (Å²) < 4.78 is 0. The van der Waals surface area contributed by atoms with Gasteiger partial charge in [-0.2, -0.15) is 0 Å². The van der Waals surface area contributed by atoms with Gasteiger partial charge < -0.3 is 5.32 Å². The molecule has 0 bridgehead atoms. The van der Waals surface area contributed by atoms with Gasteiger partial charge in [0.2, 0.25) is 0 Å². The van der Waals surface area contributed by atoms with Crippen LogP contribution in [0.25, 0.3) is 21.6 Å². The fourth-order valence-corrected chi connectivity index (χ4v) is 4.40. The van der Waals surface area contributed by atoms with Crippen molar-refractivity contribution in [1.29, 1.82) is 0 Å². The third-order valence-electron chi connectivity index (χ3n) is 4.51. The van der Waals surface area contributed by atoms with Gasteiger partial charge in [0.05, 0.1) is 4.88 Å². The van der Waals surface area contributed by atoms with Crippen molar-refractivity contribution in [3.63, 3.8) is 0 Å². The first-order valence-electron chi connectivity index (χ1n) is 9.16. The Hall–Kier alpha value is -2.69. The van der Waals surface area contributed by atoms with Crippen LogP contribution in [-0.4, -0.2) is 16.0 Å². The van der Waals surface area contributed by atoms with Gasteiger partial charge in [0.25, 0.3) is 0 Å². The molecule has 1 atom stereocenters. The summed E-state index contributed by atoms with van der Waals surface area (Å²) in [4.78, 5) is 9.98. The van der Waals surface area contributed by atoms with Crippen LogP contribution < -0.4 is 5.32 Å². The molecule has 0 amide bonds. The van der Waals surface area contributed by atoms with Crippen LogP contribution in [0, 0.1) is 0 Å². The van der Waals surface area contributed by atoms with E-state index in [2.05, 4.69) is 46.5 Å². The third kappa shape index (κ3) is 4.24. The van der Waals surface area contributed by atoms with Crippen molar-refractivity contribution >= 4 is 28.1 Å². The van der Waals surface area contributed by atoms with Gasteiger partial charge in [0.15, 0.2) is 5.13 Å². The summed E-state index contributed by atoms with van der Waals surface area (Å²) in [5.74, 6) is 0. The van der Waals surface area contributed by atoms with E-state index in [9.17, 15) is 0 Å². The van der Waals surface area contributed by atoms with Crippen LogP contribution in [0.2, 0.25) is 5.02 Å². The zero-order chi connectivity index (χ0) is 19.3. The summed E-state index contributed by atoms with van der Waals surface area (Å²) in [5.41, 5.74) is 4.40. The molecule has 0 saturated carbocycles. The molecule has 1 unspecified atom stereocenters. The van der Waals surface area contributed by atoms with Crippen LogP contribution in [0.4, 0.5) is 5.13 Å². The monoisotopic (exact) mass is 405 g/mol. The average molecular weight is 406 g/mol. The van der Waals surface area contributed by atoms with Crippen LogP contribution in [0.1, 0.15) is 12.5 Å². The quantitative estimate of drug-likeness (QED) is 0.394. The van der Waals surface area contributed by atoms with Gasteiger partial charge in [0, 0.05) is 46.3 Å². The maximum atomic E-state index is 6.42. The Kier molecular flexibility index (Phi) is 5.70. The van der Waals surface area contributed by atoms with Crippen LogP contribution in [-0.2, 0) is 6.42 Å². The summed E-state index contributed by atoms with van der Waals surface area (Å²) >= 11 is 8.06. The predicted molar refractivity (Wildman–Crippen MR) is 119 cm³/mol. The van der Waals surface area contributed by atoms with Crippen molar-refractivity contribution < 1.29 is 0 Å². The molecule has 28 heavy (non-hydrogen) atoms. The van der Waals surface area contributed by atoms with Crippen molar-refractivity contribution in [2.75, 3.05) is 5.32 Å². The molecule has 0 radical (unpaired) electrons. The minimum atomic E-state index is 0.293. The predicted octanol–water partition coefficient (Wildman–Crippen LogP) is 6.57. The SMILES string of the molecule is CC(Cc1ccccc1)Nc1ncc(-c2ccncc2-c2ccccc2Cl)s1. The molecule has 2 heterocycles. The first kappa shape index (κ1) is 18.7. The molecule has 0 aliphatic heterocycles. The molecule has 140 valence electrons. The highest BCUT2D eigenvalue weighted by molar-refractivity contribution is 7.18. The molecule has 1 N–H and O–H groups in total. The van der Waals surface area contributed by atoms with E-state index < -0.39 is 0 Å². The van der Waals surface area contributed by atoms with Crippen LogP contribution in [0.15, 0.2) is 79.3 Å². The molecular formula is C23H20ClN3S. The highest BCUT2D eigenvalue weighted by atomic mass is 35.5. The molecule has 5 heteroatoms. The third-order valence-corrected chi connectivity index (χ3v) is 5.80. The number of thiazole rings is 1. The van der Waals surface area contributed by atoms with E-state index in [-0.39, 0.29) is 0 Å². The molecular weight excluding hydrogens is 386 g/mol. The lowest BCUT2D eigenvalue weighted by atomic mass is 10.0. The molecule has 3 nitrogen and oxygen atoms in total. The Bertz CT molecular complexity index is 1060. The molecule has 0 fully saturated rings. The smallest absolute Gasteiger partial charge is 0.183 e. The van der Waals surface area contributed by atoms with E-state index in [0.29, 0.717) is 6.04 Å². The highest BCUT2D eigenvalue weighted by Gasteiger charge is 2.14. The van der Waals surface area contributed by atoms with Crippen molar-refractivity contribution in [3.8, 4) is 21.6 Å². The van der Waals surface area contributed by atoms with E-state index >= 15 is 0 Å². The Balaban J connectivity index is 1.56. The number of hydrogen-bond donors (Lipinski definition) is 1. The summed E-state index contributed by atoms with van der Waals surface area (Å²) in [5, 5.41) is 5.15. The molecule has 4 rings (SSSR count). The summed E-state index contributed by atoms with van der Waals surface area (Å²) in [6, 6.07) is 20.6. The van der Waals surface area contributed by atoms with Crippen molar-refractivity contribution in [2.24, 2.45) is 0 Å². The second-order valence-corrected chi connectivity index (χ2v) is 8.10. The standard InChI is InChI=1S/C23H20ClN3S/c1-16(13-17-7-3-2-4-8-17)27-23-26-15-22(28-23)19-11-12-25-14-20(19)18-9-5-6-10-21(18)24/h2-12,14-16H,13H2,1H3,(H,26,27). The lowest BCUT2D eigenvalue weighted by Gasteiger charge is -2.12. The molecule has 0 spiro atoms. The largest absolute Gasteiger partial charge is 0.359 e. The van der Waals surface area contributed by atoms with E-state index in [1.54, 1.807) is 17.5 Å². The fraction of sp³-hybridized carbons (Fsp3) is 0.130. The Morgan fingerprint density at radius 2 is 1.71 bits per heavy atom. The number of aromatic nitrogens is 2. The molecule has 2 aromatic heterocycles. The Morgan fingerprint density at radius 1 is 0.929 bits per heavy atom. The zero-order valence-corrected chi connectivity index (χ0v) is 17.0. The van der Waals surface area contributed by atoms with Gasteiger partial charge in [-0.15, -0.1) is 0 Å². The number of anilines is 1. The van der Waals surface area contributed by atoms with Gasteiger partial charge in [-0.3, -0.25) is 4.98 Å². The van der Waals surface area contributed by atoms with E-state index in [1.807, 2.05) is 48.8 Å². The summed E-state index contributed by atoms with van der Waals surface area (Å²) in [6.45, 7) is 2.18. The van der Waals surface area contributed by atoms with Crippen LogP contribution in [0.3, 0.4) is 0 Å². The maximum Gasteiger partial charge on any atom is 0.183 e. The lowest BCUT2D eigenvalue weighted by Crippen LogP contribution is -2.17. The van der Waals surface area contributed by atoms with Gasteiger partial charge >= 0.3 is 0 Å². The topological polar surface area (TPSA) is 37.8 Å². The number of rotatable bonds is 6. The van der Waals surface area contributed by atoms with Gasteiger partial charge in [-0.25, -0.2) is 4.98 Å². The van der Waals surface area contributed by atoms with E-state index in [4.69, 9.17) is 11.6 Å². The van der Waals surface area contributed by atoms with Crippen molar-refractivity contribution in [1.82, 2.24) is 9.97 Å². The van der Waals surface area contributed by atoms with Gasteiger partial charge in [0.1, 0.15) is 0 Å². The van der Waals surface area contributed by atoms with Crippen LogP contribution in [0.5, 0.6) is 0 Å². The molecule has 2 aromatic carbocycles. The number of nitrogens with zero attached hydrogens (tertiary/aromatic N) is 2. The first-order chi connectivity index (χ1) is 13.7. The zero-order valence-electron chi connectivity index (χ0n) is 15.5. The number of benzene rings is 2. The molecule has 0 saturated heterocycles. The summed E-state index contributed by atoms with van der Waals surface area (Å²) in [6.07, 6.45) is 6.54. The number of hydrogen-bond acceptors (Lipinski definition) is 4. The minimum Gasteiger partial charge on any atom is -0.359 e. The molecule has 0 aliphatic carbocycles. The Morgan fingerprint density at radius 3 is 2.54 bits per heavy atom. The average Bonchev–Trinajstić information content (AvgIpc) is 3.17. The second kappa shape index (κ2) is 8.55. The highest BCUT2D eigenvalue weighted by Crippen LogP contribution is 2.38. The normalized spacial score (nSPS) is 11.9.